The van der Waals surface area contributed by atoms with Crippen molar-refractivity contribution in [2.24, 2.45) is 0 Å². The van der Waals surface area contributed by atoms with Gasteiger partial charge < -0.3 is 9.47 Å². The van der Waals surface area contributed by atoms with Crippen molar-refractivity contribution in [2.45, 2.75) is 4.90 Å². The van der Waals surface area contributed by atoms with E-state index in [1.54, 1.807) is 6.07 Å². The summed E-state index contributed by atoms with van der Waals surface area (Å²) in [6, 6.07) is 4.55. The molecular weight excluding hydrogens is 270 g/mol. The van der Waals surface area contributed by atoms with Crippen LogP contribution in [-0.4, -0.2) is 35.7 Å². The Kier molecular flexibility index (Phi) is 5.08. The molecule has 0 spiro atoms. The number of nitrogens with one attached hydrogen (secondary N) is 1. The van der Waals surface area contributed by atoms with Gasteiger partial charge in [0, 0.05) is 6.08 Å². The number of esters is 1. The second-order valence-electron chi connectivity index (χ2n) is 3.47. The third-order valence-electron chi connectivity index (χ3n) is 2.36. The molecule has 1 N–H and O–H groups in total. The van der Waals surface area contributed by atoms with E-state index in [0.717, 1.165) is 0 Å². The molecule has 0 amide bonds. The first-order valence-corrected chi connectivity index (χ1v) is 6.80. The van der Waals surface area contributed by atoms with Gasteiger partial charge in [0.15, 0.2) is 0 Å². The van der Waals surface area contributed by atoms with Gasteiger partial charge in [-0.05, 0) is 30.8 Å². The second kappa shape index (κ2) is 6.35. The zero-order valence-electron chi connectivity index (χ0n) is 10.8. The van der Waals surface area contributed by atoms with E-state index in [1.165, 1.54) is 45.6 Å². The summed E-state index contributed by atoms with van der Waals surface area (Å²) in [6.07, 6.45) is 2.66. The lowest BCUT2D eigenvalue weighted by Crippen LogP contribution is -2.19. The first-order chi connectivity index (χ1) is 8.94. The maximum atomic E-state index is 11.8. The van der Waals surface area contributed by atoms with Crippen molar-refractivity contribution >= 4 is 22.1 Å². The molecule has 0 aliphatic rings. The molecule has 0 aromatic heterocycles. The van der Waals surface area contributed by atoms with Crippen molar-refractivity contribution in [2.75, 3.05) is 21.3 Å². The van der Waals surface area contributed by atoms with Gasteiger partial charge in [-0.2, -0.15) is 0 Å². The van der Waals surface area contributed by atoms with Crippen LogP contribution in [0.3, 0.4) is 0 Å². The maximum absolute atomic E-state index is 11.8. The lowest BCUT2D eigenvalue weighted by atomic mass is 10.2. The van der Waals surface area contributed by atoms with Gasteiger partial charge in [0.2, 0.25) is 10.0 Å². The molecule has 0 bridgehead atoms. The molecule has 1 aromatic rings. The van der Waals surface area contributed by atoms with Crippen LogP contribution in [0.2, 0.25) is 0 Å². The zero-order chi connectivity index (χ0) is 14.5. The minimum absolute atomic E-state index is 0.00418. The molecule has 0 unspecified atom stereocenters. The van der Waals surface area contributed by atoms with Gasteiger partial charge in [0.1, 0.15) is 10.6 Å². The number of methoxy groups -OCH3 is 2. The van der Waals surface area contributed by atoms with Gasteiger partial charge >= 0.3 is 5.97 Å². The maximum Gasteiger partial charge on any atom is 0.330 e. The number of hydrogen-bond acceptors (Lipinski definition) is 5. The zero-order valence-corrected chi connectivity index (χ0v) is 11.7. The highest BCUT2D eigenvalue weighted by Gasteiger charge is 2.17. The lowest BCUT2D eigenvalue weighted by Gasteiger charge is -2.09. The third kappa shape index (κ3) is 3.80. The Hall–Kier alpha value is -1.86. The fraction of sp³-hybridized carbons (Fsp3) is 0.250. The largest absolute Gasteiger partial charge is 0.495 e. The van der Waals surface area contributed by atoms with Gasteiger partial charge in [-0.15, -0.1) is 0 Å². The van der Waals surface area contributed by atoms with Crippen LogP contribution < -0.4 is 9.46 Å². The summed E-state index contributed by atoms with van der Waals surface area (Å²) in [5, 5.41) is 0. The van der Waals surface area contributed by atoms with Crippen molar-refractivity contribution < 1.29 is 22.7 Å². The Morgan fingerprint density at radius 3 is 2.53 bits per heavy atom. The van der Waals surface area contributed by atoms with Crippen molar-refractivity contribution in [3.05, 3.63) is 29.8 Å². The number of rotatable bonds is 5. The van der Waals surface area contributed by atoms with Crippen molar-refractivity contribution in [3.8, 4) is 5.75 Å². The highest BCUT2D eigenvalue weighted by molar-refractivity contribution is 7.89. The summed E-state index contributed by atoms with van der Waals surface area (Å²) in [4.78, 5) is 11.0. The van der Waals surface area contributed by atoms with Crippen molar-refractivity contribution in [1.29, 1.82) is 0 Å². The predicted octanol–water partition coefficient (Wildman–Crippen LogP) is 0.789. The highest BCUT2D eigenvalue weighted by atomic mass is 32.2. The van der Waals surface area contributed by atoms with Crippen LogP contribution in [0.1, 0.15) is 5.56 Å². The standard InChI is InChI=1S/C12H15NO5S/c1-13-19(15,16)11-8-9(4-6-10(11)17-2)5-7-12(14)18-3/h4-8,13H,1-3H3/b7-5+. The molecule has 1 aromatic carbocycles. The lowest BCUT2D eigenvalue weighted by molar-refractivity contribution is -0.134. The van der Waals surface area contributed by atoms with E-state index in [0.29, 0.717) is 5.56 Å². The monoisotopic (exact) mass is 285 g/mol. The van der Waals surface area contributed by atoms with E-state index in [-0.39, 0.29) is 10.6 Å². The summed E-state index contributed by atoms with van der Waals surface area (Å²) >= 11 is 0. The normalized spacial score (nSPS) is 11.5. The van der Waals surface area contributed by atoms with Gasteiger partial charge in [-0.25, -0.2) is 17.9 Å². The first-order valence-electron chi connectivity index (χ1n) is 5.32. The number of benzene rings is 1. The Bertz CT molecular complexity index is 592. The van der Waals surface area contributed by atoms with Crippen molar-refractivity contribution in [1.82, 2.24) is 4.72 Å². The molecule has 0 fully saturated rings. The number of carbonyl (C=O) groups is 1. The molecule has 1 rings (SSSR count). The molecular formula is C12H15NO5S. The number of hydrogen-bond donors (Lipinski definition) is 1. The average Bonchev–Trinajstić information content (AvgIpc) is 2.44. The summed E-state index contributed by atoms with van der Waals surface area (Å²) in [5.41, 5.74) is 0.542. The fourth-order valence-electron chi connectivity index (χ4n) is 1.35. The van der Waals surface area contributed by atoms with E-state index in [9.17, 15) is 13.2 Å². The molecule has 0 saturated carbocycles. The second-order valence-corrected chi connectivity index (χ2v) is 5.33. The van der Waals surface area contributed by atoms with Crippen LogP contribution in [0.15, 0.2) is 29.2 Å². The number of sulfonamides is 1. The molecule has 104 valence electrons. The molecule has 0 radical (unpaired) electrons. The molecule has 7 heteroatoms. The van der Waals surface area contributed by atoms with E-state index in [1.807, 2.05) is 0 Å². The Labute approximate surface area is 112 Å². The Morgan fingerprint density at radius 1 is 1.32 bits per heavy atom. The highest BCUT2D eigenvalue weighted by Crippen LogP contribution is 2.25. The van der Waals surface area contributed by atoms with Crippen LogP contribution in [0.25, 0.3) is 6.08 Å². The molecule has 19 heavy (non-hydrogen) atoms. The van der Waals surface area contributed by atoms with Crippen LogP contribution >= 0.6 is 0 Å². The van der Waals surface area contributed by atoms with E-state index in [4.69, 9.17) is 4.74 Å². The summed E-state index contributed by atoms with van der Waals surface area (Å²) < 4.78 is 35.3. The number of ether oxygens (including phenoxy) is 2. The van der Waals surface area contributed by atoms with Crippen LogP contribution in [0.4, 0.5) is 0 Å². The first kappa shape index (κ1) is 15.2. The van der Waals surface area contributed by atoms with Gasteiger partial charge in [-0.1, -0.05) is 6.07 Å². The third-order valence-corrected chi connectivity index (χ3v) is 3.79. The van der Waals surface area contributed by atoms with E-state index in [2.05, 4.69) is 9.46 Å². The van der Waals surface area contributed by atoms with Crippen LogP contribution in [-0.2, 0) is 19.6 Å². The van der Waals surface area contributed by atoms with Gasteiger partial charge in [-0.3, -0.25) is 0 Å². The Morgan fingerprint density at radius 2 is 2.00 bits per heavy atom. The Balaban J connectivity index is 3.23. The molecule has 6 nitrogen and oxygen atoms in total. The molecule has 0 aliphatic heterocycles. The fourth-order valence-corrected chi connectivity index (χ4v) is 2.28. The minimum Gasteiger partial charge on any atom is -0.495 e. The smallest absolute Gasteiger partial charge is 0.330 e. The van der Waals surface area contributed by atoms with E-state index >= 15 is 0 Å². The summed E-state index contributed by atoms with van der Waals surface area (Å²) in [6.45, 7) is 0. The molecule has 0 atom stereocenters. The van der Waals surface area contributed by atoms with Crippen LogP contribution in [0.5, 0.6) is 5.75 Å². The number of carbonyl (C=O) groups excluding carboxylic acids is 1. The SMILES string of the molecule is CNS(=O)(=O)c1cc(/C=C/C(=O)OC)ccc1OC. The van der Waals surface area contributed by atoms with Crippen LogP contribution in [0, 0.1) is 0 Å². The van der Waals surface area contributed by atoms with Crippen molar-refractivity contribution in [3.63, 3.8) is 0 Å². The van der Waals surface area contributed by atoms with Gasteiger partial charge in [0.05, 0.1) is 14.2 Å². The molecule has 0 saturated heterocycles. The van der Waals surface area contributed by atoms with Gasteiger partial charge in [0.25, 0.3) is 0 Å². The molecule has 0 aliphatic carbocycles. The summed E-state index contributed by atoms with van der Waals surface area (Å²) in [5.74, 6) is -0.293. The topological polar surface area (TPSA) is 81.7 Å². The minimum atomic E-state index is -3.63. The van der Waals surface area contributed by atoms with E-state index < -0.39 is 16.0 Å². The molecule has 0 heterocycles. The average molecular weight is 285 g/mol. The predicted molar refractivity (Wildman–Crippen MR) is 70.3 cm³/mol. The summed E-state index contributed by atoms with van der Waals surface area (Å²) in [7, 11) is 0.323. The quantitative estimate of drug-likeness (QED) is 0.639.